The Labute approximate surface area is 102 Å². The number of methoxy groups -OCH3 is 1. The molecular formula is C13H19NO3. The Kier molecular flexibility index (Phi) is 5.93. The lowest BCUT2D eigenvalue weighted by Crippen LogP contribution is -2.29. The first kappa shape index (κ1) is 13.4. The number of benzene rings is 1. The molecular weight excluding hydrogens is 218 g/mol. The zero-order valence-electron chi connectivity index (χ0n) is 10.4. The molecule has 0 radical (unpaired) electrons. The van der Waals surface area contributed by atoms with Crippen LogP contribution in [-0.2, 0) is 4.79 Å². The number of hydrogen-bond donors (Lipinski definition) is 1. The molecule has 94 valence electrons. The Morgan fingerprint density at radius 2 is 2.12 bits per heavy atom. The van der Waals surface area contributed by atoms with Gasteiger partial charge in [0, 0.05) is 12.6 Å². The fourth-order valence-corrected chi connectivity index (χ4v) is 1.30. The van der Waals surface area contributed by atoms with E-state index in [2.05, 4.69) is 12.2 Å². The second kappa shape index (κ2) is 7.54. The number of nitrogens with one attached hydrogen (secondary N) is 1. The summed E-state index contributed by atoms with van der Waals surface area (Å²) in [7, 11) is 1.59. The molecule has 0 bridgehead atoms. The lowest BCUT2D eigenvalue weighted by atomic mass is 10.3. The average Bonchev–Trinajstić information content (AvgIpc) is 2.37. The Hall–Kier alpha value is -1.71. The first-order valence-electron chi connectivity index (χ1n) is 5.79. The van der Waals surface area contributed by atoms with E-state index in [4.69, 9.17) is 9.47 Å². The highest BCUT2D eigenvalue weighted by molar-refractivity contribution is 5.77. The summed E-state index contributed by atoms with van der Waals surface area (Å²) in [5, 5.41) is 2.79. The van der Waals surface area contributed by atoms with Crippen molar-refractivity contribution in [1.29, 1.82) is 0 Å². The Bertz CT molecular complexity index is 352. The van der Waals surface area contributed by atoms with Crippen molar-refractivity contribution in [3.63, 3.8) is 0 Å². The number of carbonyl (C=O) groups is 1. The maximum atomic E-state index is 11.4. The summed E-state index contributed by atoms with van der Waals surface area (Å²) in [6, 6.07) is 7.19. The van der Waals surface area contributed by atoms with Gasteiger partial charge in [-0.25, -0.2) is 0 Å². The highest BCUT2D eigenvalue weighted by Gasteiger charge is 2.02. The minimum Gasteiger partial charge on any atom is -0.497 e. The smallest absolute Gasteiger partial charge is 0.257 e. The van der Waals surface area contributed by atoms with Crippen LogP contribution in [0.3, 0.4) is 0 Å². The van der Waals surface area contributed by atoms with Crippen LogP contribution in [0, 0.1) is 0 Å². The third-order valence-electron chi connectivity index (χ3n) is 2.26. The van der Waals surface area contributed by atoms with Gasteiger partial charge in [-0.3, -0.25) is 4.79 Å². The van der Waals surface area contributed by atoms with Gasteiger partial charge in [-0.05, 0) is 18.6 Å². The molecule has 0 saturated carbocycles. The van der Waals surface area contributed by atoms with Gasteiger partial charge < -0.3 is 14.8 Å². The van der Waals surface area contributed by atoms with Crippen LogP contribution >= 0.6 is 0 Å². The number of carbonyl (C=O) groups excluding carboxylic acids is 1. The predicted molar refractivity (Wildman–Crippen MR) is 66.4 cm³/mol. The minimum atomic E-state index is -0.0960. The van der Waals surface area contributed by atoms with Crippen LogP contribution in [0.1, 0.15) is 19.8 Å². The number of amides is 1. The molecule has 0 aliphatic rings. The summed E-state index contributed by atoms with van der Waals surface area (Å²) >= 11 is 0. The van der Waals surface area contributed by atoms with E-state index < -0.39 is 0 Å². The van der Waals surface area contributed by atoms with E-state index in [1.54, 1.807) is 19.2 Å². The highest BCUT2D eigenvalue weighted by atomic mass is 16.5. The van der Waals surface area contributed by atoms with Gasteiger partial charge in [0.2, 0.25) is 0 Å². The lowest BCUT2D eigenvalue weighted by molar-refractivity contribution is -0.123. The zero-order chi connectivity index (χ0) is 12.5. The lowest BCUT2D eigenvalue weighted by Gasteiger charge is -2.08. The summed E-state index contributed by atoms with van der Waals surface area (Å²) in [6.07, 6.45) is 2.06. The van der Waals surface area contributed by atoms with Crippen LogP contribution in [0.5, 0.6) is 11.5 Å². The molecule has 0 fully saturated rings. The van der Waals surface area contributed by atoms with Gasteiger partial charge >= 0.3 is 0 Å². The van der Waals surface area contributed by atoms with E-state index in [1.165, 1.54) is 0 Å². The van der Waals surface area contributed by atoms with Crippen molar-refractivity contribution in [2.45, 2.75) is 19.8 Å². The van der Waals surface area contributed by atoms with Crippen LogP contribution in [0.25, 0.3) is 0 Å². The van der Waals surface area contributed by atoms with E-state index in [9.17, 15) is 4.79 Å². The maximum absolute atomic E-state index is 11.4. The van der Waals surface area contributed by atoms with Crippen molar-refractivity contribution < 1.29 is 14.3 Å². The number of hydrogen-bond acceptors (Lipinski definition) is 3. The van der Waals surface area contributed by atoms with Crippen molar-refractivity contribution in [3.8, 4) is 11.5 Å². The van der Waals surface area contributed by atoms with Crippen LogP contribution in [0.2, 0.25) is 0 Å². The predicted octanol–water partition coefficient (Wildman–Crippen LogP) is 1.99. The third-order valence-corrected chi connectivity index (χ3v) is 2.26. The van der Waals surface area contributed by atoms with Gasteiger partial charge in [-0.15, -0.1) is 0 Å². The fourth-order valence-electron chi connectivity index (χ4n) is 1.30. The molecule has 4 heteroatoms. The van der Waals surface area contributed by atoms with Crippen LogP contribution in [0.15, 0.2) is 24.3 Å². The van der Waals surface area contributed by atoms with E-state index in [0.29, 0.717) is 18.0 Å². The van der Waals surface area contributed by atoms with Crippen molar-refractivity contribution in [2.75, 3.05) is 20.3 Å². The number of rotatable bonds is 7. The summed E-state index contributed by atoms with van der Waals surface area (Å²) in [5.41, 5.74) is 0. The van der Waals surface area contributed by atoms with Crippen LogP contribution in [0.4, 0.5) is 0 Å². The molecule has 1 aromatic carbocycles. The molecule has 0 aliphatic carbocycles. The molecule has 0 aliphatic heterocycles. The van der Waals surface area contributed by atoms with Crippen molar-refractivity contribution >= 4 is 5.91 Å². The van der Waals surface area contributed by atoms with E-state index in [-0.39, 0.29) is 12.5 Å². The number of ether oxygens (including phenoxy) is 2. The Morgan fingerprint density at radius 1 is 1.35 bits per heavy atom. The molecule has 0 unspecified atom stereocenters. The van der Waals surface area contributed by atoms with Crippen molar-refractivity contribution in [3.05, 3.63) is 24.3 Å². The maximum Gasteiger partial charge on any atom is 0.257 e. The summed E-state index contributed by atoms with van der Waals surface area (Å²) in [6.45, 7) is 2.83. The molecule has 0 aromatic heterocycles. The average molecular weight is 237 g/mol. The molecule has 0 heterocycles. The molecule has 4 nitrogen and oxygen atoms in total. The van der Waals surface area contributed by atoms with Crippen molar-refractivity contribution in [1.82, 2.24) is 5.32 Å². The standard InChI is InChI=1S/C13H19NO3/c1-3-4-8-14-13(15)10-17-12-7-5-6-11(9-12)16-2/h5-7,9H,3-4,8,10H2,1-2H3,(H,14,15). The zero-order valence-corrected chi connectivity index (χ0v) is 10.4. The highest BCUT2D eigenvalue weighted by Crippen LogP contribution is 2.18. The van der Waals surface area contributed by atoms with Gasteiger partial charge in [0.1, 0.15) is 11.5 Å². The Morgan fingerprint density at radius 3 is 2.82 bits per heavy atom. The molecule has 1 aromatic rings. The van der Waals surface area contributed by atoms with E-state index in [1.807, 2.05) is 12.1 Å². The Balaban J connectivity index is 2.31. The van der Waals surface area contributed by atoms with Gasteiger partial charge in [0.05, 0.1) is 7.11 Å². The van der Waals surface area contributed by atoms with Crippen molar-refractivity contribution in [2.24, 2.45) is 0 Å². The third kappa shape index (κ3) is 5.24. The monoisotopic (exact) mass is 237 g/mol. The van der Waals surface area contributed by atoms with Gasteiger partial charge in [-0.1, -0.05) is 19.4 Å². The molecule has 0 atom stereocenters. The van der Waals surface area contributed by atoms with Crippen LogP contribution in [-0.4, -0.2) is 26.2 Å². The van der Waals surface area contributed by atoms with Gasteiger partial charge in [0.25, 0.3) is 5.91 Å². The first-order valence-corrected chi connectivity index (χ1v) is 5.79. The summed E-state index contributed by atoms with van der Waals surface area (Å²) in [4.78, 5) is 11.4. The summed E-state index contributed by atoms with van der Waals surface area (Å²) < 4.78 is 10.4. The van der Waals surface area contributed by atoms with E-state index >= 15 is 0 Å². The fraction of sp³-hybridized carbons (Fsp3) is 0.462. The molecule has 17 heavy (non-hydrogen) atoms. The second-order valence-corrected chi connectivity index (χ2v) is 3.67. The largest absolute Gasteiger partial charge is 0.497 e. The molecule has 1 amide bonds. The summed E-state index contributed by atoms with van der Waals surface area (Å²) in [5.74, 6) is 1.25. The SMILES string of the molecule is CCCCNC(=O)COc1cccc(OC)c1. The quantitative estimate of drug-likeness (QED) is 0.738. The molecule has 1 rings (SSSR count). The van der Waals surface area contributed by atoms with Gasteiger partial charge in [0.15, 0.2) is 6.61 Å². The normalized spacial score (nSPS) is 9.76. The first-order chi connectivity index (χ1) is 8.26. The molecule has 0 spiro atoms. The van der Waals surface area contributed by atoms with Crippen LogP contribution < -0.4 is 14.8 Å². The topological polar surface area (TPSA) is 47.6 Å². The number of unbranched alkanes of at least 4 members (excludes halogenated alkanes) is 1. The molecule has 0 saturated heterocycles. The molecule has 1 N–H and O–H groups in total. The minimum absolute atomic E-state index is 0.0386. The van der Waals surface area contributed by atoms with E-state index in [0.717, 1.165) is 12.8 Å². The van der Waals surface area contributed by atoms with Gasteiger partial charge in [-0.2, -0.15) is 0 Å². The second-order valence-electron chi connectivity index (χ2n) is 3.67.